The van der Waals surface area contributed by atoms with Gasteiger partial charge in [-0.25, -0.2) is 0 Å². The minimum absolute atomic E-state index is 0.104. The molecule has 0 heterocycles. The summed E-state index contributed by atoms with van der Waals surface area (Å²) in [7, 11) is -1.85. The van der Waals surface area contributed by atoms with Crippen molar-refractivity contribution < 1.29 is 24.3 Å². The van der Waals surface area contributed by atoms with Crippen LogP contribution in [0.5, 0.6) is 0 Å². The first-order valence-corrected chi connectivity index (χ1v) is 19.1. The molecule has 1 atom stereocenters. The number of hydrogen-bond acceptors (Lipinski definition) is 5. The highest BCUT2D eigenvalue weighted by molar-refractivity contribution is 7.85. The summed E-state index contributed by atoms with van der Waals surface area (Å²) in [5.41, 5.74) is -0.208. The van der Waals surface area contributed by atoms with E-state index in [1.165, 1.54) is 128 Å². The summed E-state index contributed by atoms with van der Waals surface area (Å²) < 4.78 is 5.60. The monoisotopic (exact) mass is 600 g/mol. The van der Waals surface area contributed by atoms with Gasteiger partial charge in [0.25, 0.3) is 0 Å². The average Bonchev–Trinajstić information content (AvgIpc) is 2.97. The molecular weight excluding hydrogens is 531 g/mol. The van der Waals surface area contributed by atoms with E-state index < -0.39 is 20.9 Å². The number of hydrogen-bond donors (Lipinski definition) is 2. The van der Waals surface area contributed by atoms with Crippen LogP contribution in [0.3, 0.4) is 0 Å². The molecule has 0 fully saturated rings. The minimum atomic E-state index is -1.85. The molecule has 41 heavy (non-hydrogen) atoms. The molecule has 1 unspecified atom stereocenters. The molecule has 0 aliphatic heterocycles. The van der Waals surface area contributed by atoms with E-state index in [1.54, 1.807) is 0 Å². The topological polar surface area (TPSA) is 83.8 Å². The third kappa shape index (κ3) is 28.2. The summed E-state index contributed by atoms with van der Waals surface area (Å²) in [6.45, 7) is 3.93. The van der Waals surface area contributed by atoms with Gasteiger partial charge >= 0.3 is 0 Å². The fraction of sp³-hybridized carbons (Fsp3) is 0.943. The molecule has 5 nitrogen and oxygen atoms in total. The van der Waals surface area contributed by atoms with Crippen LogP contribution in [0.25, 0.3) is 0 Å². The first-order chi connectivity index (χ1) is 20.1. The van der Waals surface area contributed by atoms with Gasteiger partial charge in [-0.15, -0.1) is 0 Å². The normalized spacial score (nSPS) is 12.3. The van der Waals surface area contributed by atoms with E-state index in [0.717, 1.165) is 38.5 Å². The Morgan fingerprint density at radius 1 is 0.512 bits per heavy atom. The smallest absolute Gasteiger partial charge is 0.189 e. The van der Waals surface area contributed by atoms with Gasteiger partial charge in [-0.1, -0.05) is 168 Å². The highest BCUT2D eigenvalue weighted by Gasteiger charge is 2.27. The Balaban J connectivity index is 3.99. The Morgan fingerprint density at radius 3 is 1.05 bits per heavy atom. The van der Waals surface area contributed by atoms with Crippen molar-refractivity contribution in [2.75, 3.05) is 13.2 Å². The maximum atomic E-state index is 12.9. The molecule has 0 saturated heterocycles. The summed E-state index contributed by atoms with van der Waals surface area (Å²) >= 11 is 0. The summed E-state index contributed by atoms with van der Waals surface area (Å²) in [6.07, 6.45) is 32.3. The SMILES string of the molecule is CCCCCCCCCCCCCCCC(=O)P(OCC(O)CO)C(=O)CCCCCCCCCCCCCCC. The zero-order chi connectivity index (χ0) is 30.2. The third-order valence-corrected chi connectivity index (χ3v) is 9.81. The summed E-state index contributed by atoms with van der Waals surface area (Å²) in [6, 6.07) is 0. The average molecular weight is 601 g/mol. The second-order valence-electron chi connectivity index (χ2n) is 12.2. The van der Waals surface area contributed by atoms with Crippen LogP contribution in [-0.2, 0) is 14.1 Å². The van der Waals surface area contributed by atoms with Crippen LogP contribution < -0.4 is 0 Å². The Hall–Kier alpha value is -0.350. The molecule has 0 saturated carbocycles. The molecule has 0 aliphatic rings. The quantitative estimate of drug-likeness (QED) is 0.0567. The number of aliphatic hydroxyl groups is 2. The molecular formula is C35H69O5P. The van der Waals surface area contributed by atoms with Gasteiger partial charge in [0.15, 0.2) is 19.2 Å². The lowest BCUT2D eigenvalue weighted by Gasteiger charge is -2.17. The lowest BCUT2D eigenvalue weighted by atomic mass is 10.0. The second-order valence-corrected chi connectivity index (χ2v) is 14.0. The molecule has 0 aliphatic carbocycles. The van der Waals surface area contributed by atoms with Crippen LogP contribution in [0.4, 0.5) is 0 Å². The van der Waals surface area contributed by atoms with Crippen molar-refractivity contribution in [2.45, 2.75) is 200 Å². The van der Waals surface area contributed by atoms with Gasteiger partial charge in [-0.3, -0.25) is 9.59 Å². The summed E-state index contributed by atoms with van der Waals surface area (Å²) in [4.78, 5) is 25.7. The van der Waals surface area contributed by atoms with Crippen molar-refractivity contribution >= 4 is 19.2 Å². The molecule has 0 aromatic carbocycles. The number of carbonyl (C=O) groups excluding carboxylic acids is 2. The van der Waals surface area contributed by atoms with Crippen molar-refractivity contribution in [3.8, 4) is 0 Å². The molecule has 0 aromatic heterocycles. The number of rotatable bonds is 34. The minimum Gasteiger partial charge on any atom is -0.394 e. The van der Waals surface area contributed by atoms with E-state index in [4.69, 9.17) is 9.63 Å². The fourth-order valence-corrected chi connectivity index (χ4v) is 6.90. The second kappa shape index (κ2) is 32.6. The first-order valence-electron chi connectivity index (χ1n) is 17.8. The molecule has 244 valence electrons. The molecule has 0 amide bonds. The van der Waals surface area contributed by atoms with Crippen molar-refractivity contribution in [3.63, 3.8) is 0 Å². The van der Waals surface area contributed by atoms with E-state index in [-0.39, 0.29) is 17.7 Å². The molecule has 0 rings (SSSR count). The number of unbranched alkanes of at least 4 members (excludes halogenated alkanes) is 24. The van der Waals surface area contributed by atoms with Gasteiger partial charge < -0.3 is 14.7 Å². The molecule has 0 bridgehead atoms. The summed E-state index contributed by atoms with van der Waals surface area (Å²) in [5, 5.41) is 18.8. The molecule has 6 heteroatoms. The molecule has 0 radical (unpaired) electrons. The zero-order valence-corrected chi connectivity index (χ0v) is 28.3. The standard InChI is InChI=1S/C35H69O5P/c1-3-5-7-9-11-13-15-17-19-21-23-25-27-29-34(38)41(40-32-33(37)31-36)35(39)30-28-26-24-22-20-18-16-14-12-10-8-6-4-2/h33,36-37H,3-32H2,1-2H3. The maximum absolute atomic E-state index is 12.9. The highest BCUT2D eigenvalue weighted by Crippen LogP contribution is 2.42. The Bertz CT molecular complexity index is 529. The van der Waals surface area contributed by atoms with Crippen LogP contribution in [0.15, 0.2) is 0 Å². The van der Waals surface area contributed by atoms with Gasteiger partial charge in [-0.2, -0.15) is 0 Å². The van der Waals surface area contributed by atoms with Crippen LogP contribution >= 0.6 is 8.15 Å². The predicted octanol–water partition coefficient (Wildman–Crippen LogP) is 10.8. The van der Waals surface area contributed by atoms with E-state index in [0.29, 0.717) is 12.8 Å². The van der Waals surface area contributed by atoms with Crippen LogP contribution in [0, 0.1) is 0 Å². The lowest BCUT2D eigenvalue weighted by molar-refractivity contribution is -0.115. The molecule has 2 N–H and O–H groups in total. The van der Waals surface area contributed by atoms with Crippen molar-refractivity contribution in [2.24, 2.45) is 0 Å². The van der Waals surface area contributed by atoms with Crippen LogP contribution in [0.2, 0.25) is 0 Å². The number of carbonyl (C=O) groups is 2. The van der Waals surface area contributed by atoms with Crippen LogP contribution in [0.1, 0.15) is 194 Å². The van der Waals surface area contributed by atoms with Crippen LogP contribution in [-0.4, -0.2) is 40.6 Å². The first kappa shape index (κ1) is 40.6. The highest BCUT2D eigenvalue weighted by atomic mass is 31.1. The summed E-state index contributed by atoms with van der Waals surface area (Å²) in [5.74, 6) is 0. The van der Waals surface area contributed by atoms with Gasteiger partial charge in [0.2, 0.25) is 0 Å². The van der Waals surface area contributed by atoms with Crippen molar-refractivity contribution in [1.29, 1.82) is 0 Å². The third-order valence-electron chi connectivity index (χ3n) is 8.05. The van der Waals surface area contributed by atoms with Gasteiger partial charge in [0, 0.05) is 12.8 Å². The Kier molecular flexibility index (Phi) is 32.3. The van der Waals surface area contributed by atoms with Crippen molar-refractivity contribution in [1.82, 2.24) is 0 Å². The zero-order valence-electron chi connectivity index (χ0n) is 27.4. The Labute approximate surface area is 256 Å². The van der Waals surface area contributed by atoms with Gasteiger partial charge in [0.1, 0.15) is 6.10 Å². The van der Waals surface area contributed by atoms with E-state index >= 15 is 0 Å². The van der Waals surface area contributed by atoms with Crippen molar-refractivity contribution in [3.05, 3.63) is 0 Å². The van der Waals surface area contributed by atoms with E-state index in [9.17, 15) is 14.7 Å². The van der Waals surface area contributed by atoms with E-state index in [2.05, 4.69) is 13.8 Å². The molecule has 0 aromatic rings. The maximum Gasteiger partial charge on any atom is 0.189 e. The van der Waals surface area contributed by atoms with E-state index in [1.807, 2.05) is 0 Å². The fourth-order valence-electron chi connectivity index (χ4n) is 5.29. The molecule has 0 spiro atoms. The largest absolute Gasteiger partial charge is 0.394 e. The number of aliphatic hydroxyl groups excluding tert-OH is 2. The van der Waals surface area contributed by atoms with Gasteiger partial charge in [0.05, 0.1) is 13.2 Å². The lowest BCUT2D eigenvalue weighted by Crippen LogP contribution is -2.20. The van der Waals surface area contributed by atoms with Gasteiger partial charge in [-0.05, 0) is 12.8 Å². The Morgan fingerprint density at radius 2 is 0.780 bits per heavy atom. The predicted molar refractivity (Wildman–Crippen MR) is 177 cm³/mol.